The fraction of sp³-hybridized carbons (Fsp3) is 0.391. The predicted octanol–water partition coefficient (Wildman–Crippen LogP) is 4.44. The van der Waals surface area contributed by atoms with Crippen LogP contribution in [0.5, 0.6) is 0 Å². The largest absolute Gasteiger partial charge is 0.478 e. The van der Waals surface area contributed by atoms with Gasteiger partial charge in [0.2, 0.25) is 0 Å². The van der Waals surface area contributed by atoms with Crippen LogP contribution in [0, 0.1) is 11.6 Å². The van der Waals surface area contributed by atoms with Crippen LogP contribution in [0.15, 0.2) is 42.5 Å². The summed E-state index contributed by atoms with van der Waals surface area (Å²) >= 11 is 0. The Hall–Kier alpha value is -2.64. The first kappa shape index (κ1) is 23.6. The SMILES string of the molecule is CC(C)(C)OCCC(=O)CN(Cc1ccccc1)Cc1c(F)cc(F)cc1C(=O)O. The molecule has 1 N–H and O–H groups in total. The standard InChI is InChI=1S/C23H27F2NO4/c1-23(2,3)30-10-9-18(27)14-26(13-16-7-5-4-6-8-16)15-20-19(22(28)29)11-17(24)12-21(20)25/h4-8,11-12H,9-10,13-15H2,1-3H3,(H,28,29). The van der Waals surface area contributed by atoms with Crippen molar-refractivity contribution in [2.24, 2.45) is 0 Å². The van der Waals surface area contributed by atoms with Crippen LogP contribution in [0.1, 0.15) is 48.7 Å². The number of aromatic carboxylic acids is 1. The summed E-state index contributed by atoms with van der Waals surface area (Å²) in [4.78, 5) is 25.6. The molecule has 162 valence electrons. The Bertz CT molecular complexity index is 879. The molecule has 7 heteroatoms. The topological polar surface area (TPSA) is 66.8 Å². The number of benzene rings is 2. The highest BCUT2D eigenvalue weighted by atomic mass is 19.1. The van der Waals surface area contributed by atoms with E-state index >= 15 is 0 Å². The van der Waals surface area contributed by atoms with Crippen LogP contribution in [0.4, 0.5) is 8.78 Å². The van der Waals surface area contributed by atoms with Gasteiger partial charge in [-0.15, -0.1) is 0 Å². The third kappa shape index (κ3) is 7.65. The van der Waals surface area contributed by atoms with Gasteiger partial charge in [-0.1, -0.05) is 30.3 Å². The molecule has 0 saturated heterocycles. The molecular formula is C23H27F2NO4. The Morgan fingerprint density at radius 1 is 1.07 bits per heavy atom. The van der Waals surface area contributed by atoms with E-state index in [1.54, 1.807) is 4.90 Å². The monoisotopic (exact) mass is 419 g/mol. The zero-order valence-electron chi connectivity index (χ0n) is 17.5. The first-order chi connectivity index (χ1) is 14.0. The fourth-order valence-electron chi connectivity index (χ4n) is 2.99. The van der Waals surface area contributed by atoms with E-state index in [9.17, 15) is 23.5 Å². The van der Waals surface area contributed by atoms with E-state index < -0.39 is 23.2 Å². The smallest absolute Gasteiger partial charge is 0.336 e. The molecule has 0 heterocycles. The molecule has 0 bridgehead atoms. The van der Waals surface area contributed by atoms with E-state index in [2.05, 4.69) is 0 Å². The number of carboxylic acid groups (broad SMARTS) is 1. The molecule has 2 aromatic carbocycles. The lowest BCUT2D eigenvalue weighted by Crippen LogP contribution is -2.31. The van der Waals surface area contributed by atoms with Crippen molar-refractivity contribution in [1.29, 1.82) is 0 Å². The van der Waals surface area contributed by atoms with Crippen LogP contribution >= 0.6 is 0 Å². The van der Waals surface area contributed by atoms with Crippen molar-refractivity contribution in [2.45, 2.75) is 45.9 Å². The molecule has 0 unspecified atom stereocenters. The second kappa shape index (κ2) is 10.4. The van der Waals surface area contributed by atoms with Crippen molar-refractivity contribution < 1.29 is 28.2 Å². The van der Waals surface area contributed by atoms with Gasteiger partial charge in [-0.3, -0.25) is 9.69 Å². The van der Waals surface area contributed by atoms with Crippen molar-refractivity contribution in [3.8, 4) is 0 Å². The number of nitrogens with zero attached hydrogens (tertiary/aromatic N) is 1. The number of halogens is 2. The van der Waals surface area contributed by atoms with Crippen molar-refractivity contribution in [3.05, 3.63) is 70.8 Å². The Labute approximate surface area is 175 Å². The first-order valence-electron chi connectivity index (χ1n) is 9.68. The number of Topliss-reactive ketones (excluding diaryl/α,β-unsaturated/α-hetero) is 1. The number of hydrogen-bond acceptors (Lipinski definition) is 4. The summed E-state index contributed by atoms with van der Waals surface area (Å²) in [6.45, 7) is 6.08. The molecule has 0 radical (unpaired) electrons. The van der Waals surface area contributed by atoms with E-state index in [0.717, 1.165) is 11.6 Å². The van der Waals surface area contributed by atoms with E-state index in [-0.39, 0.29) is 43.1 Å². The Kier molecular flexibility index (Phi) is 8.20. The third-order valence-electron chi connectivity index (χ3n) is 4.34. The quantitative estimate of drug-likeness (QED) is 0.617. The van der Waals surface area contributed by atoms with Crippen LogP contribution in [-0.4, -0.2) is 40.5 Å². The van der Waals surface area contributed by atoms with E-state index in [0.29, 0.717) is 12.6 Å². The summed E-state index contributed by atoms with van der Waals surface area (Å²) in [5, 5.41) is 9.36. The number of ether oxygens (including phenoxy) is 1. The fourth-order valence-corrected chi connectivity index (χ4v) is 2.99. The number of rotatable bonds is 10. The second-order valence-electron chi connectivity index (χ2n) is 8.10. The summed E-state index contributed by atoms with van der Waals surface area (Å²) in [6.07, 6.45) is 0.181. The third-order valence-corrected chi connectivity index (χ3v) is 4.34. The summed E-state index contributed by atoms with van der Waals surface area (Å²) in [6, 6.07) is 10.7. The van der Waals surface area contributed by atoms with Crippen molar-refractivity contribution >= 4 is 11.8 Å². The molecule has 0 fully saturated rings. The van der Waals surface area contributed by atoms with Gasteiger partial charge in [-0.25, -0.2) is 13.6 Å². The minimum atomic E-state index is -1.42. The van der Waals surface area contributed by atoms with Gasteiger partial charge in [0.1, 0.15) is 17.4 Å². The average Bonchev–Trinajstić information content (AvgIpc) is 2.63. The number of hydrogen-bond donors (Lipinski definition) is 1. The molecule has 0 amide bonds. The number of ketones is 1. The zero-order chi connectivity index (χ0) is 22.3. The van der Waals surface area contributed by atoms with Gasteiger partial charge in [0, 0.05) is 31.1 Å². The van der Waals surface area contributed by atoms with Crippen LogP contribution in [0.2, 0.25) is 0 Å². The molecule has 0 aliphatic rings. The van der Waals surface area contributed by atoms with Crippen LogP contribution in [0.25, 0.3) is 0 Å². The minimum absolute atomic E-state index is 0.0156. The molecule has 2 aromatic rings. The van der Waals surface area contributed by atoms with Crippen LogP contribution < -0.4 is 0 Å². The normalized spacial score (nSPS) is 11.7. The summed E-state index contributed by atoms with van der Waals surface area (Å²) in [5.74, 6) is -3.45. The molecule has 0 aliphatic carbocycles. The minimum Gasteiger partial charge on any atom is -0.478 e. The second-order valence-corrected chi connectivity index (χ2v) is 8.10. The Balaban J connectivity index is 2.20. The van der Waals surface area contributed by atoms with Gasteiger partial charge in [-0.05, 0) is 32.4 Å². The van der Waals surface area contributed by atoms with Gasteiger partial charge in [0.25, 0.3) is 0 Å². The summed E-state index contributed by atoms with van der Waals surface area (Å²) in [7, 11) is 0. The number of carboxylic acids is 1. The van der Waals surface area contributed by atoms with Gasteiger partial charge < -0.3 is 9.84 Å². The average molecular weight is 419 g/mol. The van der Waals surface area contributed by atoms with E-state index in [1.807, 2.05) is 51.1 Å². The highest BCUT2D eigenvalue weighted by Gasteiger charge is 2.21. The molecule has 0 saturated carbocycles. The maximum Gasteiger partial charge on any atom is 0.336 e. The molecule has 5 nitrogen and oxygen atoms in total. The lowest BCUT2D eigenvalue weighted by Gasteiger charge is -2.24. The Morgan fingerprint density at radius 2 is 1.73 bits per heavy atom. The van der Waals surface area contributed by atoms with Crippen molar-refractivity contribution in [3.63, 3.8) is 0 Å². The molecule has 0 spiro atoms. The molecule has 2 rings (SSSR count). The first-order valence-corrected chi connectivity index (χ1v) is 9.68. The summed E-state index contributed by atoms with van der Waals surface area (Å²) in [5.41, 5.74) is -0.0826. The van der Waals surface area contributed by atoms with Crippen molar-refractivity contribution in [2.75, 3.05) is 13.2 Å². The van der Waals surface area contributed by atoms with Gasteiger partial charge >= 0.3 is 5.97 Å². The summed E-state index contributed by atoms with van der Waals surface area (Å²) < 4.78 is 33.5. The zero-order valence-corrected chi connectivity index (χ0v) is 17.5. The predicted molar refractivity (Wildman–Crippen MR) is 109 cm³/mol. The van der Waals surface area contributed by atoms with Crippen molar-refractivity contribution in [1.82, 2.24) is 4.90 Å². The maximum absolute atomic E-state index is 14.4. The van der Waals surface area contributed by atoms with Gasteiger partial charge in [0.15, 0.2) is 0 Å². The molecule has 30 heavy (non-hydrogen) atoms. The lowest BCUT2D eigenvalue weighted by molar-refractivity contribution is -0.122. The van der Waals surface area contributed by atoms with Gasteiger partial charge in [0.05, 0.1) is 24.3 Å². The molecular weight excluding hydrogens is 392 g/mol. The maximum atomic E-state index is 14.4. The highest BCUT2D eigenvalue weighted by molar-refractivity contribution is 5.89. The van der Waals surface area contributed by atoms with E-state index in [4.69, 9.17) is 4.74 Å². The van der Waals surface area contributed by atoms with Crippen LogP contribution in [0.3, 0.4) is 0 Å². The number of carbonyl (C=O) groups is 2. The highest BCUT2D eigenvalue weighted by Crippen LogP contribution is 2.20. The molecule has 0 aromatic heterocycles. The molecule has 0 aliphatic heterocycles. The van der Waals surface area contributed by atoms with Gasteiger partial charge in [-0.2, -0.15) is 0 Å². The van der Waals surface area contributed by atoms with Crippen LogP contribution in [-0.2, 0) is 22.6 Å². The Morgan fingerprint density at radius 3 is 2.33 bits per heavy atom. The lowest BCUT2D eigenvalue weighted by atomic mass is 10.0. The number of carbonyl (C=O) groups excluding carboxylic acids is 1. The van der Waals surface area contributed by atoms with E-state index in [1.165, 1.54) is 0 Å². The molecule has 0 atom stereocenters.